The average Bonchev–Trinajstić information content (AvgIpc) is 2.48. The molecule has 0 saturated carbocycles. The maximum atomic E-state index is 11.9. The molecule has 2 aromatic carbocycles. The maximum Gasteiger partial charge on any atom is 0.336 e. The normalized spacial score (nSPS) is 11.1. The van der Waals surface area contributed by atoms with E-state index in [9.17, 15) is 4.79 Å². The molecular formula is C19H19BrO2. The molecular weight excluding hydrogens is 340 g/mol. The van der Waals surface area contributed by atoms with Crippen LogP contribution in [0, 0.1) is 6.92 Å². The number of halogens is 1. The van der Waals surface area contributed by atoms with Gasteiger partial charge in [-0.25, -0.2) is 4.79 Å². The molecule has 0 aliphatic heterocycles. The summed E-state index contributed by atoms with van der Waals surface area (Å²) in [6.45, 7) is 6.27. The van der Waals surface area contributed by atoms with Crippen LogP contribution in [0.3, 0.4) is 0 Å². The highest BCUT2D eigenvalue weighted by Gasteiger charge is 2.08. The molecule has 0 saturated heterocycles. The summed E-state index contributed by atoms with van der Waals surface area (Å²) in [4.78, 5) is 11.9. The second-order valence-electron chi connectivity index (χ2n) is 5.51. The summed E-state index contributed by atoms with van der Waals surface area (Å²) < 4.78 is 6.14. The molecule has 114 valence electrons. The number of rotatable bonds is 4. The predicted octanol–water partition coefficient (Wildman–Crippen LogP) is 5.50. The Morgan fingerprint density at radius 3 is 2.41 bits per heavy atom. The zero-order chi connectivity index (χ0) is 16.1. The van der Waals surface area contributed by atoms with Crippen LogP contribution in [0.1, 0.15) is 36.5 Å². The van der Waals surface area contributed by atoms with Crippen LogP contribution in [-0.4, -0.2) is 5.97 Å². The fourth-order valence-corrected chi connectivity index (χ4v) is 2.42. The Hall–Kier alpha value is -1.87. The van der Waals surface area contributed by atoms with Crippen molar-refractivity contribution in [2.45, 2.75) is 26.7 Å². The molecule has 0 aromatic heterocycles. The molecule has 2 nitrogen and oxygen atoms in total. The highest BCUT2D eigenvalue weighted by molar-refractivity contribution is 9.10. The first-order chi connectivity index (χ1) is 10.5. The van der Waals surface area contributed by atoms with Gasteiger partial charge >= 0.3 is 5.97 Å². The Labute approximate surface area is 139 Å². The van der Waals surface area contributed by atoms with E-state index < -0.39 is 5.97 Å². The van der Waals surface area contributed by atoms with Crippen molar-refractivity contribution >= 4 is 28.0 Å². The molecule has 0 unspecified atom stereocenters. The summed E-state index contributed by atoms with van der Waals surface area (Å²) in [5.74, 6) is 0.573. The molecule has 0 spiro atoms. The molecule has 0 N–H and O–H groups in total. The first-order valence-electron chi connectivity index (χ1n) is 7.21. The van der Waals surface area contributed by atoms with Crippen LogP contribution in [0.5, 0.6) is 5.75 Å². The van der Waals surface area contributed by atoms with Gasteiger partial charge in [0.25, 0.3) is 0 Å². The van der Waals surface area contributed by atoms with Gasteiger partial charge in [0.15, 0.2) is 0 Å². The third-order valence-corrected chi connectivity index (χ3v) is 3.94. The van der Waals surface area contributed by atoms with Crippen LogP contribution in [0.4, 0.5) is 0 Å². The first-order valence-corrected chi connectivity index (χ1v) is 8.01. The number of carbonyl (C=O) groups excluding carboxylic acids is 1. The van der Waals surface area contributed by atoms with Gasteiger partial charge in [-0.05, 0) is 58.1 Å². The van der Waals surface area contributed by atoms with Crippen LogP contribution in [0.2, 0.25) is 0 Å². The summed E-state index contributed by atoms with van der Waals surface area (Å²) in [5.41, 5.74) is 3.35. The lowest BCUT2D eigenvalue weighted by molar-refractivity contribution is -0.128. The second-order valence-corrected chi connectivity index (χ2v) is 6.36. The van der Waals surface area contributed by atoms with E-state index in [4.69, 9.17) is 4.74 Å². The summed E-state index contributed by atoms with van der Waals surface area (Å²) >= 11 is 3.45. The van der Waals surface area contributed by atoms with Crippen LogP contribution in [0.15, 0.2) is 53.0 Å². The number of benzene rings is 2. The zero-order valence-electron chi connectivity index (χ0n) is 13.0. The van der Waals surface area contributed by atoms with Gasteiger partial charge in [-0.1, -0.05) is 49.7 Å². The lowest BCUT2D eigenvalue weighted by atomic mass is 10.0. The topological polar surface area (TPSA) is 26.3 Å². The lowest BCUT2D eigenvalue weighted by Gasteiger charge is -2.09. The van der Waals surface area contributed by atoms with Gasteiger partial charge in [-0.15, -0.1) is 0 Å². The predicted molar refractivity (Wildman–Crippen MR) is 94.1 cm³/mol. The van der Waals surface area contributed by atoms with Crippen molar-refractivity contribution in [1.29, 1.82) is 0 Å². The van der Waals surface area contributed by atoms with Crippen molar-refractivity contribution in [3.8, 4) is 5.75 Å². The van der Waals surface area contributed by atoms with Crippen molar-refractivity contribution in [2.24, 2.45) is 0 Å². The molecule has 2 aromatic rings. The monoisotopic (exact) mass is 358 g/mol. The molecule has 0 heterocycles. The Kier molecular flexibility index (Phi) is 5.56. The smallest absolute Gasteiger partial charge is 0.336 e. The number of hydrogen-bond donors (Lipinski definition) is 0. The van der Waals surface area contributed by atoms with E-state index in [2.05, 4.69) is 29.8 Å². The molecule has 0 aliphatic carbocycles. The van der Waals surface area contributed by atoms with Crippen molar-refractivity contribution < 1.29 is 9.53 Å². The van der Waals surface area contributed by atoms with Crippen molar-refractivity contribution in [2.75, 3.05) is 0 Å². The summed E-state index contributed by atoms with van der Waals surface area (Å²) in [6.07, 6.45) is 3.19. The Morgan fingerprint density at radius 2 is 1.82 bits per heavy atom. The molecule has 0 atom stereocenters. The van der Waals surface area contributed by atoms with Crippen LogP contribution < -0.4 is 4.74 Å². The fraction of sp³-hybridized carbons (Fsp3) is 0.211. The van der Waals surface area contributed by atoms with Crippen molar-refractivity contribution in [3.63, 3.8) is 0 Å². The summed E-state index contributed by atoms with van der Waals surface area (Å²) in [6, 6.07) is 13.7. The van der Waals surface area contributed by atoms with Crippen molar-refractivity contribution in [3.05, 3.63) is 69.7 Å². The van der Waals surface area contributed by atoms with Gasteiger partial charge in [-0.2, -0.15) is 0 Å². The van der Waals surface area contributed by atoms with Gasteiger partial charge in [0, 0.05) is 6.08 Å². The zero-order valence-corrected chi connectivity index (χ0v) is 14.6. The molecule has 0 fully saturated rings. The molecule has 0 aliphatic rings. The van der Waals surface area contributed by atoms with E-state index >= 15 is 0 Å². The van der Waals surface area contributed by atoms with E-state index in [-0.39, 0.29) is 0 Å². The second kappa shape index (κ2) is 7.41. The van der Waals surface area contributed by atoms with E-state index in [1.54, 1.807) is 6.08 Å². The van der Waals surface area contributed by atoms with Gasteiger partial charge in [-0.3, -0.25) is 0 Å². The molecule has 2 rings (SSSR count). The maximum absolute atomic E-state index is 11.9. The van der Waals surface area contributed by atoms with E-state index in [0.29, 0.717) is 11.7 Å². The largest absolute Gasteiger partial charge is 0.422 e. The van der Waals surface area contributed by atoms with Crippen LogP contribution in [-0.2, 0) is 4.79 Å². The molecule has 0 amide bonds. The Morgan fingerprint density at radius 1 is 1.14 bits per heavy atom. The number of carbonyl (C=O) groups is 1. The number of aryl methyl sites for hydroxylation is 1. The minimum atomic E-state index is -0.390. The minimum Gasteiger partial charge on any atom is -0.422 e. The molecule has 3 heteroatoms. The first kappa shape index (κ1) is 16.5. The number of ether oxygens (including phenoxy) is 1. The summed E-state index contributed by atoms with van der Waals surface area (Å²) in [5, 5.41) is 0. The number of esters is 1. The van der Waals surface area contributed by atoms with Gasteiger partial charge in [0.2, 0.25) is 0 Å². The molecule has 0 radical (unpaired) electrons. The number of hydrogen-bond acceptors (Lipinski definition) is 2. The highest BCUT2D eigenvalue weighted by Crippen LogP contribution is 2.29. The lowest BCUT2D eigenvalue weighted by Crippen LogP contribution is -2.04. The third kappa shape index (κ3) is 4.57. The van der Waals surface area contributed by atoms with Crippen molar-refractivity contribution in [1.82, 2.24) is 0 Å². The van der Waals surface area contributed by atoms with Gasteiger partial charge < -0.3 is 4.74 Å². The fourth-order valence-electron chi connectivity index (χ4n) is 1.94. The highest BCUT2D eigenvalue weighted by atomic mass is 79.9. The Bertz CT molecular complexity index is 685. The van der Waals surface area contributed by atoms with Crippen LogP contribution >= 0.6 is 15.9 Å². The van der Waals surface area contributed by atoms with Gasteiger partial charge in [0.05, 0.1) is 4.47 Å². The summed E-state index contributed by atoms with van der Waals surface area (Å²) in [7, 11) is 0. The Balaban J connectivity index is 2.04. The average molecular weight is 359 g/mol. The third-order valence-electron chi connectivity index (χ3n) is 3.32. The van der Waals surface area contributed by atoms with Gasteiger partial charge in [0.1, 0.15) is 5.75 Å². The van der Waals surface area contributed by atoms with E-state index in [0.717, 1.165) is 10.0 Å². The standard InChI is InChI=1S/C19H19BrO2/c1-13(2)16-9-10-18(17(20)12-16)22-19(21)11-8-15-6-4-14(3)5-7-15/h4-13H,1-3H3/b11-8+. The van der Waals surface area contributed by atoms with Crippen LogP contribution in [0.25, 0.3) is 6.08 Å². The molecule has 22 heavy (non-hydrogen) atoms. The SMILES string of the molecule is Cc1ccc(/C=C/C(=O)Oc2ccc(C(C)C)cc2Br)cc1. The molecule has 0 bridgehead atoms. The van der Waals surface area contributed by atoms with E-state index in [1.807, 2.05) is 49.4 Å². The quantitative estimate of drug-likeness (QED) is 0.409. The van der Waals surface area contributed by atoms with E-state index in [1.165, 1.54) is 17.2 Å². The minimum absolute atomic E-state index is 0.390.